The summed E-state index contributed by atoms with van der Waals surface area (Å²) in [5.74, 6) is 4.43. The molecular weight excluding hydrogens is 530 g/mol. The molecule has 0 spiro atoms. The molecule has 6 aliphatic rings. The van der Waals surface area contributed by atoms with E-state index in [4.69, 9.17) is 0 Å². The van der Waals surface area contributed by atoms with Crippen molar-refractivity contribution in [1.82, 2.24) is 0 Å². The van der Waals surface area contributed by atoms with E-state index in [-0.39, 0.29) is 15.8 Å². The topological polar surface area (TPSA) is 0 Å². The summed E-state index contributed by atoms with van der Waals surface area (Å²) in [5, 5.41) is 1.58. The second-order valence-electron chi connectivity index (χ2n) is 16.3. The Balaban J connectivity index is 1.48. The molecule has 236 valence electrons. The van der Waals surface area contributed by atoms with Gasteiger partial charge in [-0.1, -0.05) is 120 Å². The van der Waals surface area contributed by atoms with Gasteiger partial charge in [0, 0.05) is 4.90 Å². The van der Waals surface area contributed by atoms with Crippen molar-refractivity contribution < 1.29 is 0 Å². The van der Waals surface area contributed by atoms with Crippen LogP contribution in [-0.4, -0.2) is 27.5 Å². The number of hydrogen-bond acceptors (Lipinski definition) is 0. The molecule has 2 unspecified atom stereocenters. The zero-order valence-corrected chi connectivity index (χ0v) is 29.7. The van der Waals surface area contributed by atoms with Crippen molar-refractivity contribution in [2.45, 2.75) is 209 Å². The highest BCUT2D eigenvalue weighted by atomic mass is 31.2. The van der Waals surface area contributed by atoms with Crippen molar-refractivity contribution >= 4 is 15.8 Å². The summed E-state index contributed by atoms with van der Waals surface area (Å²) in [5.41, 5.74) is 0. The Bertz CT molecular complexity index is 677. The first-order valence-electron chi connectivity index (χ1n) is 19.8. The van der Waals surface area contributed by atoms with Crippen LogP contribution >= 0.6 is 15.8 Å². The molecule has 0 nitrogen and oxygen atoms in total. The van der Waals surface area contributed by atoms with Crippen LogP contribution in [0.3, 0.4) is 0 Å². The molecule has 0 aromatic carbocycles. The van der Waals surface area contributed by atoms with Crippen molar-refractivity contribution in [2.24, 2.45) is 23.7 Å². The van der Waals surface area contributed by atoms with Gasteiger partial charge in [0.1, 0.15) is 0 Å². The summed E-state index contributed by atoms with van der Waals surface area (Å²) in [6, 6.07) is 0. The van der Waals surface area contributed by atoms with E-state index in [0.29, 0.717) is 0 Å². The van der Waals surface area contributed by atoms with Gasteiger partial charge in [0.25, 0.3) is 0 Å². The maximum atomic E-state index is 2.63. The van der Waals surface area contributed by atoms with E-state index in [1.54, 1.807) is 179 Å². The van der Waals surface area contributed by atoms with E-state index in [1.807, 2.05) is 0 Å². The van der Waals surface area contributed by atoms with Crippen LogP contribution in [0, 0.1) is 23.7 Å². The standard InChI is InChI=1S/C39H70P2/c1-3-27-37(28-4-2,40-31-17-29-38(40,33-19-9-5-10-20-33)34-21-11-6-12-22-34)41-32-18-30-39(41,35-23-13-7-14-24-35)36-25-15-8-16-26-36/h33-36H,3-32H2,1-2H3. The van der Waals surface area contributed by atoms with E-state index >= 15 is 0 Å². The van der Waals surface area contributed by atoms with Gasteiger partial charge in [0.2, 0.25) is 0 Å². The third kappa shape index (κ3) is 5.83. The molecule has 0 N–H and O–H groups in total. The van der Waals surface area contributed by atoms with Gasteiger partial charge in [-0.05, 0) is 136 Å². The molecular formula is C39H70P2. The summed E-state index contributed by atoms with van der Waals surface area (Å²) in [6.07, 6.45) is 47.9. The van der Waals surface area contributed by atoms with E-state index < -0.39 is 0 Å². The van der Waals surface area contributed by atoms with Crippen molar-refractivity contribution in [3.05, 3.63) is 0 Å². The van der Waals surface area contributed by atoms with Gasteiger partial charge in [0.15, 0.2) is 0 Å². The third-order valence-electron chi connectivity index (χ3n) is 14.5. The molecule has 6 fully saturated rings. The Morgan fingerprint density at radius 1 is 0.439 bits per heavy atom. The SMILES string of the molecule is CCCC(CCC)(P1CCCC1(C1CCCCC1)C1CCCCC1)P1CCCC1(C1CCCCC1)C1CCCCC1. The predicted octanol–water partition coefficient (Wildman–Crippen LogP) is 13.6. The fourth-order valence-electron chi connectivity index (χ4n) is 13.3. The van der Waals surface area contributed by atoms with E-state index in [2.05, 4.69) is 13.8 Å². The predicted molar refractivity (Wildman–Crippen MR) is 186 cm³/mol. The zero-order valence-electron chi connectivity index (χ0n) is 27.9. The lowest BCUT2D eigenvalue weighted by atomic mass is 9.67. The van der Waals surface area contributed by atoms with Crippen LogP contribution in [0.15, 0.2) is 0 Å². The molecule has 2 saturated heterocycles. The summed E-state index contributed by atoms with van der Waals surface area (Å²) in [7, 11) is 0.239. The fraction of sp³-hybridized carbons (Fsp3) is 1.00. The fourth-order valence-corrected chi connectivity index (χ4v) is 26.0. The molecule has 6 rings (SSSR count). The first-order chi connectivity index (χ1) is 20.2. The minimum absolute atomic E-state index is 0.119. The maximum absolute atomic E-state index is 2.63. The highest BCUT2D eigenvalue weighted by Gasteiger charge is 2.65. The molecule has 2 atom stereocenters. The van der Waals surface area contributed by atoms with Crippen LogP contribution in [0.2, 0.25) is 0 Å². The van der Waals surface area contributed by atoms with Gasteiger partial charge in [0.05, 0.1) is 0 Å². The van der Waals surface area contributed by atoms with Crippen LogP contribution in [0.25, 0.3) is 0 Å². The number of hydrogen-bond donors (Lipinski definition) is 0. The van der Waals surface area contributed by atoms with Gasteiger partial charge in [-0.2, -0.15) is 0 Å². The summed E-state index contributed by atoms with van der Waals surface area (Å²) in [6.45, 7) is 5.26. The summed E-state index contributed by atoms with van der Waals surface area (Å²) < 4.78 is 0. The molecule has 4 saturated carbocycles. The number of rotatable bonds is 10. The lowest BCUT2D eigenvalue weighted by molar-refractivity contribution is 0.162. The Morgan fingerprint density at radius 2 is 0.732 bits per heavy atom. The van der Waals surface area contributed by atoms with Gasteiger partial charge in [-0.3, -0.25) is 0 Å². The molecule has 41 heavy (non-hydrogen) atoms. The lowest BCUT2D eigenvalue weighted by Crippen LogP contribution is -2.51. The largest absolute Gasteiger partial charge is 0.0889 e. The van der Waals surface area contributed by atoms with E-state index in [1.165, 1.54) is 12.8 Å². The Morgan fingerprint density at radius 3 is 1.00 bits per heavy atom. The average molecular weight is 601 g/mol. The van der Waals surface area contributed by atoms with Crippen molar-refractivity contribution in [3.63, 3.8) is 0 Å². The Labute approximate surface area is 260 Å². The van der Waals surface area contributed by atoms with E-state index in [9.17, 15) is 0 Å². The smallest absolute Gasteiger partial charge is 0.0116 e. The van der Waals surface area contributed by atoms with Gasteiger partial charge < -0.3 is 0 Å². The zero-order chi connectivity index (χ0) is 28.2. The van der Waals surface area contributed by atoms with Gasteiger partial charge >= 0.3 is 0 Å². The monoisotopic (exact) mass is 600 g/mol. The molecule has 4 aliphatic carbocycles. The van der Waals surface area contributed by atoms with E-state index in [0.717, 1.165) is 38.9 Å². The second kappa shape index (κ2) is 14.5. The quantitative estimate of drug-likeness (QED) is 0.219. The molecule has 0 radical (unpaired) electrons. The average Bonchev–Trinajstić information content (AvgIpc) is 3.70. The third-order valence-corrected chi connectivity index (χ3v) is 24.3. The Kier molecular flexibility index (Phi) is 11.3. The molecule has 2 heterocycles. The van der Waals surface area contributed by atoms with Crippen LogP contribution in [-0.2, 0) is 0 Å². The summed E-state index contributed by atoms with van der Waals surface area (Å²) in [4.78, 5) is 0.769. The molecule has 0 aromatic rings. The molecule has 0 amide bonds. The minimum atomic E-state index is 0.119. The summed E-state index contributed by atoms with van der Waals surface area (Å²) >= 11 is 0. The second-order valence-corrected chi connectivity index (χ2v) is 22.7. The van der Waals surface area contributed by atoms with Crippen LogP contribution in [0.5, 0.6) is 0 Å². The molecule has 0 aromatic heterocycles. The Hall–Kier alpha value is 0.860. The maximum Gasteiger partial charge on any atom is 0.0116 e. The normalized spacial score (nSPS) is 32.9. The highest BCUT2D eigenvalue weighted by Crippen LogP contribution is 2.88. The van der Waals surface area contributed by atoms with Crippen LogP contribution in [0.4, 0.5) is 0 Å². The van der Waals surface area contributed by atoms with Crippen LogP contribution in [0.1, 0.15) is 194 Å². The van der Waals surface area contributed by atoms with Gasteiger partial charge in [-0.15, -0.1) is 0 Å². The molecule has 2 aliphatic heterocycles. The first kappa shape index (κ1) is 31.8. The lowest BCUT2D eigenvalue weighted by Gasteiger charge is -2.63. The van der Waals surface area contributed by atoms with Crippen molar-refractivity contribution in [1.29, 1.82) is 0 Å². The van der Waals surface area contributed by atoms with Crippen LogP contribution < -0.4 is 0 Å². The molecule has 2 heteroatoms. The minimum Gasteiger partial charge on any atom is -0.0889 e. The van der Waals surface area contributed by atoms with Crippen molar-refractivity contribution in [3.8, 4) is 0 Å². The first-order valence-corrected chi connectivity index (χ1v) is 22.8. The van der Waals surface area contributed by atoms with Gasteiger partial charge in [-0.25, -0.2) is 0 Å². The molecule has 0 bridgehead atoms. The van der Waals surface area contributed by atoms with Crippen molar-refractivity contribution in [2.75, 3.05) is 12.3 Å². The highest BCUT2D eigenvalue weighted by molar-refractivity contribution is 7.79.